The number of nitrogens with zero attached hydrogens (tertiary/aromatic N) is 1. The first kappa shape index (κ1) is 14.6. The van der Waals surface area contributed by atoms with Crippen molar-refractivity contribution in [3.05, 3.63) is 53.2 Å². The predicted octanol–water partition coefficient (Wildman–Crippen LogP) is 3.08. The molecule has 0 spiro atoms. The first-order valence-electron chi connectivity index (χ1n) is 6.45. The second-order valence-electron chi connectivity index (χ2n) is 4.76. The van der Waals surface area contributed by atoms with Crippen LogP contribution in [0.25, 0.3) is 0 Å². The number of furan rings is 1. The molecule has 1 atom stereocenters. The molecule has 2 rings (SSSR count). The maximum Gasteiger partial charge on any atom is 0.287 e. The molecule has 2 heterocycles. The molecular weight excluding hydrogens is 276 g/mol. The summed E-state index contributed by atoms with van der Waals surface area (Å²) in [5, 5.41) is 2.91. The number of hydrogen-bond acceptors (Lipinski definition) is 3. The SMILES string of the molecule is Cc1oc(C(=O)NC(C)Cc2ccncc2)cc1CCl. The number of carbonyl (C=O) groups is 1. The van der Waals surface area contributed by atoms with Gasteiger partial charge in [-0.25, -0.2) is 0 Å². The zero-order chi connectivity index (χ0) is 14.5. The number of alkyl halides is 1. The fraction of sp³-hybridized carbons (Fsp3) is 0.333. The lowest BCUT2D eigenvalue weighted by molar-refractivity contribution is 0.0911. The van der Waals surface area contributed by atoms with Gasteiger partial charge in [-0.15, -0.1) is 11.6 Å². The van der Waals surface area contributed by atoms with E-state index in [9.17, 15) is 4.79 Å². The number of amides is 1. The quantitative estimate of drug-likeness (QED) is 0.862. The van der Waals surface area contributed by atoms with Gasteiger partial charge in [-0.3, -0.25) is 9.78 Å². The van der Waals surface area contributed by atoms with Crippen LogP contribution in [-0.4, -0.2) is 16.9 Å². The summed E-state index contributed by atoms with van der Waals surface area (Å²) in [4.78, 5) is 16.0. The summed E-state index contributed by atoms with van der Waals surface area (Å²) in [5.74, 6) is 1.12. The van der Waals surface area contributed by atoms with Gasteiger partial charge in [0.1, 0.15) is 5.76 Å². The number of rotatable bonds is 5. The number of aromatic nitrogens is 1. The highest BCUT2D eigenvalue weighted by atomic mass is 35.5. The van der Waals surface area contributed by atoms with Crippen LogP contribution in [0.1, 0.15) is 34.4 Å². The number of pyridine rings is 1. The van der Waals surface area contributed by atoms with Crippen molar-refractivity contribution in [2.75, 3.05) is 0 Å². The van der Waals surface area contributed by atoms with Crippen molar-refractivity contribution in [2.45, 2.75) is 32.2 Å². The van der Waals surface area contributed by atoms with Gasteiger partial charge in [0.15, 0.2) is 5.76 Å². The summed E-state index contributed by atoms with van der Waals surface area (Å²) >= 11 is 5.77. The molecule has 2 aromatic heterocycles. The number of carbonyl (C=O) groups excluding carboxylic acids is 1. The van der Waals surface area contributed by atoms with E-state index in [0.29, 0.717) is 17.4 Å². The monoisotopic (exact) mass is 292 g/mol. The van der Waals surface area contributed by atoms with Crippen LogP contribution in [0.4, 0.5) is 0 Å². The van der Waals surface area contributed by atoms with Gasteiger partial charge < -0.3 is 9.73 Å². The lowest BCUT2D eigenvalue weighted by Gasteiger charge is -2.12. The van der Waals surface area contributed by atoms with Crippen LogP contribution in [0.15, 0.2) is 35.0 Å². The number of nitrogens with one attached hydrogen (secondary N) is 1. The molecule has 5 heteroatoms. The van der Waals surface area contributed by atoms with Gasteiger partial charge in [0.25, 0.3) is 5.91 Å². The van der Waals surface area contributed by atoms with Crippen LogP contribution in [-0.2, 0) is 12.3 Å². The first-order valence-corrected chi connectivity index (χ1v) is 6.98. The molecule has 0 aromatic carbocycles. The minimum Gasteiger partial charge on any atom is -0.456 e. The zero-order valence-electron chi connectivity index (χ0n) is 11.5. The van der Waals surface area contributed by atoms with Crippen LogP contribution in [0, 0.1) is 6.92 Å². The van der Waals surface area contributed by atoms with Gasteiger partial charge >= 0.3 is 0 Å². The van der Waals surface area contributed by atoms with E-state index in [1.807, 2.05) is 19.1 Å². The zero-order valence-corrected chi connectivity index (χ0v) is 12.3. The molecule has 0 bridgehead atoms. The van der Waals surface area contributed by atoms with E-state index in [1.165, 1.54) is 0 Å². The van der Waals surface area contributed by atoms with Crippen molar-refractivity contribution in [3.63, 3.8) is 0 Å². The smallest absolute Gasteiger partial charge is 0.287 e. The van der Waals surface area contributed by atoms with Crippen molar-refractivity contribution in [2.24, 2.45) is 0 Å². The second-order valence-corrected chi connectivity index (χ2v) is 5.03. The molecule has 0 aliphatic heterocycles. The molecule has 0 aliphatic rings. The molecular formula is C15H17ClN2O2. The average molecular weight is 293 g/mol. The molecule has 0 saturated heterocycles. The summed E-state index contributed by atoms with van der Waals surface area (Å²) in [7, 11) is 0. The largest absolute Gasteiger partial charge is 0.456 e. The van der Waals surface area contributed by atoms with Gasteiger partial charge in [-0.1, -0.05) is 0 Å². The molecule has 4 nitrogen and oxygen atoms in total. The number of halogens is 1. The Morgan fingerprint density at radius 1 is 1.45 bits per heavy atom. The summed E-state index contributed by atoms with van der Waals surface area (Å²) in [6.07, 6.45) is 4.23. The predicted molar refractivity (Wildman–Crippen MR) is 77.9 cm³/mol. The fourth-order valence-corrected chi connectivity index (χ4v) is 2.25. The van der Waals surface area contributed by atoms with Crippen molar-refractivity contribution >= 4 is 17.5 Å². The standard InChI is InChI=1S/C15H17ClN2O2/c1-10(7-12-3-5-17-6-4-12)18-15(19)14-8-13(9-16)11(2)20-14/h3-6,8,10H,7,9H2,1-2H3,(H,18,19). The van der Waals surface area contributed by atoms with Crippen LogP contribution in [0.3, 0.4) is 0 Å². The van der Waals surface area contributed by atoms with E-state index >= 15 is 0 Å². The molecule has 1 unspecified atom stereocenters. The normalized spacial score (nSPS) is 12.2. The Kier molecular flexibility index (Phi) is 4.79. The van der Waals surface area contributed by atoms with Gasteiger partial charge in [-0.2, -0.15) is 0 Å². The van der Waals surface area contributed by atoms with Crippen LogP contribution < -0.4 is 5.32 Å². The van der Waals surface area contributed by atoms with Gasteiger partial charge in [-0.05, 0) is 44.0 Å². The van der Waals surface area contributed by atoms with E-state index in [2.05, 4.69) is 10.3 Å². The van der Waals surface area contributed by atoms with Crippen molar-refractivity contribution in [3.8, 4) is 0 Å². The molecule has 2 aromatic rings. The third kappa shape index (κ3) is 3.61. The lowest BCUT2D eigenvalue weighted by Crippen LogP contribution is -2.33. The Labute approximate surface area is 123 Å². The molecule has 0 fully saturated rings. The van der Waals surface area contributed by atoms with Crippen molar-refractivity contribution < 1.29 is 9.21 Å². The maximum atomic E-state index is 12.1. The molecule has 20 heavy (non-hydrogen) atoms. The Balaban J connectivity index is 1.96. The van der Waals surface area contributed by atoms with Crippen LogP contribution in [0.2, 0.25) is 0 Å². The Morgan fingerprint density at radius 2 is 2.15 bits per heavy atom. The number of hydrogen-bond donors (Lipinski definition) is 1. The molecule has 0 aliphatic carbocycles. The molecule has 106 valence electrons. The van der Waals surface area contributed by atoms with Crippen molar-refractivity contribution in [1.29, 1.82) is 0 Å². The summed E-state index contributed by atoms with van der Waals surface area (Å²) in [6, 6.07) is 5.57. The van der Waals surface area contributed by atoms with E-state index in [-0.39, 0.29) is 11.9 Å². The van der Waals surface area contributed by atoms with Gasteiger partial charge in [0.2, 0.25) is 0 Å². The topological polar surface area (TPSA) is 55.1 Å². The Bertz CT molecular complexity index is 581. The molecule has 1 amide bonds. The molecule has 0 saturated carbocycles. The van der Waals surface area contributed by atoms with Crippen LogP contribution >= 0.6 is 11.6 Å². The highest BCUT2D eigenvalue weighted by Gasteiger charge is 2.16. The van der Waals surface area contributed by atoms with E-state index in [0.717, 1.165) is 17.5 Å². The van der Waals surface area contributed by atoms with Crippen LogP contribution in [0.5, 0.6) is 0 Å². The number of aryl methyl sites for hydroxylation is 1. The fourth-order valence-electron chi connectivity index (χ4n) is 1.98. The summed E-state index contributed by atoms with van der Waals surface area (Å²) in [5.41, 5.74) is 1.98. The Morgan fingerprint density at radius 3 is 2.75 bits per heavy atom. The van der Waals surface area contributed by atoms with E-state index in [4.69, 9.17) is 16.0 Å². The minimum atomic E-state index is -0.217. The highest BCUT2D eigenvalue weighted by Crippen LogP contribution is 2.16. The third-order valence-corrected chi connectivity index (χ3v) is 3.35. The average Bonchev–Trinajstić information content (AvgIpc) is 2.81. The van der Waals surface area contributed by atoms with E-state index in [1.54, 1.807) is 25.4 Å². The lowest BCUT2D eigenvalue weighted by atomic mass is 10.1. The highest BCUT2D eigenvalue weighted by molar-refractivity contribution is 6.17. The van der Waals surface area contributed by atoms with E-state index < -0.39 is 0 Å². The first-order chi connectivity index (χ1) is 9.60. The van der Waals surface area contributed by atoms with Crippen molar-refractivity contribution in [1.82, 2.24) is 10.3 Å². The molecule has 1 N–H and O–H groups in total. The van der Waals surface area contributed by atoms with Gasteiger partial charge in [0.05, 0.1) is 5.88 Å². The third-order valence-electron chi connectivity index (χ3n) is 3.06. The second kappa shape index (κ2) is 6.57. The van der Waals surface area contributed by atoms with Gasteiger partial charge in [0, 0.05) is 24.0 Å². The minimum absolute atomic E-state index is 0.00903. The summed E-state index contributed by atoms with van der Waals surface area (Å²) in [6.45, 7) is 3.76. The summed E-state index contributed by atoms with van der Waals surface area (Å²) < 4.78 is 5.41. The Hall–Kier alpha value is -1.81. The maximum absolute atomic E-state index is 12.1. The molecule has 0 radical (unpaired) electrons.